The Morgan fingerprint density at radius 2 is 2.12 bits per heavy atom. The Kier molecular flexibility index (Phi) is 2.76. The van der Waals surface area contributed by atoms with E-state index in [0.717, 1.165) is 11.0 Å². The summed E-state index contributed by atoms with van der Waals surface area (Å²) >= 11 is 6.06. The van der Waals surface area contributed by atoms with Crippen molar-refractivity contribution >= 4 is 22.6 Å². The Bertz CT molecular complexity index is 519. The van der Waals surface area contributed by atoms with Crippen molar-refractivity contribution in [2.75, 3.05) is 19.1 Å². The van der Waals surface area contributed by atoms with E-state index in [2.05, 4.69) is 4.98 Å². The van der Waals surface area contributed by atoms with Crippen LogP contribution in [-0.2, 0) is 0 Å². The van der Waals surface area contributed by atoms with Crippen molar-refractivity contribution < 1.29 is 4.39 Å². The summed E-state index contributed by atoms with van der Waals surface area (Å²) in [4.78, 5) is 4.40. The molecular formula is C11H13ClFN3. The molecule has 86 valence electrons. The van der Waals surface area contributed by atoms with Crippen molar-refractivity contribution in [1.29, 1.82) is 0 Å². The number of hydrogen-bond donors (Lipinski definition) is 0. The minimum absolute atomic E-state index is 0.224. The molecule has 0 N–H and O–H groups in total. The van der Waals surface area contributed by atoms with Crippen molar-refractivity contribution in [2.24, 2.45) is 0 Å². The second-order valence-corrected chi connectivity index (χ2v) is 4.53. The van der Waals surface area contributed by atoms with E-state index in [1.165, 1.54) is 12.1 Å². The van der Waals surface area contributed by atoms with Crippen LogP contribution in [0.15, 0.2) is 18.2 Å². The van der Waals surface area contributed by atoms with Gasteiger partial charge in [0.15, 0.2) is 0 Å². The predicted octanol–water partition coefficient (Wildman–Crippen LogP) is 2.67. The number of halogens is 2. The number of rotatable bonds is 2. The van der Waals surface area contributed by atoms with Crippen molar-refractivity contribution in [2.45, 2.75) is 12.3 Å². The number of benzene rings is 1. The summed E-state index contributed by atoms with van der Waals surface area (Å²) in [5.74, 6) is 0.441. The molecule has 0 aliphatic heterocycles. The maximum Gasteiger partial charge on any atom is 0.146 e. The summed E-state index contributed by atoms with van der Waals surface area (Å²) in [5.41, 5.74) is 1.48. The van der Waals surface area contributed by atoms with Crippen LogP contribution in [0.5, 0.6) is 0 Å². The minimum atomic E-state index is -0.274. The lowest BCUT2D eigenvalue weighted by Gasteiger charge is -2.19. The maximum absolute atomic E-state index is 13.2. The molecule has 1 heterocycles. The van der Waals surface area contributed by atoms with Gasteiger partial charge in [0.1, 0.15) is 11.6 Å². The normalized spacial score (nSPS) is 13.1. The fourth-order valence-corrected chi connectivity index (χ4v) is 1.87. The third-order valence-electron chi connectivity index (χ3n) is 2.37. The second-order valence-electron chi connectivity index (χ2n) is 3.88. The van der Waals surface area contributed by atoms with Crippen LogP contribution in [0, 0.1) is 5.82 Å². The van der Waals surface area contributed by atoms with Gasteiger partial charge in [0.2, 0.25) is 0 Å². The molecule has 1 atom stereocenters. The monoisotopic (exact) mass is 241 g/mol. The third kappa shape index (κ3) is 1.73. The molecule has 2 aromatic rings. The first-order valence-electron chi connectivity index (χ1n) is 5.00. The summed E-state index contributed by atoms with van der Waals surface area (Å²) < 4.78 is 15.0. The van der Waals surface area contributed by atoms with Gasteiger partial charge in [0.05, 0.1) is 16.4 Å². The summed E-state index contributed by atoms with van der Waals surface area (Å²) in [5, 5.41) is 1.61. The number of aromatic nitrogens is 2. The highest BCUT2D eigenvalue weighted by Gasteiger charge is 2.16. The SMILES string of the molecule is CC(Cl)c1nc2ccc(F)cc2n1N(C)C. The van der Waals surface area contributed by atoms with Crippen molar-refractivity contribution in [1.82, 2.24) is 9.66 Å². The molecule has 0 fully saturated rings. The lowest BCUT2D eigenvalue weighted by atomic mass is 10.3. The fourth-order valence-electron chi connectivity index (χ4n) is 1.73. The molecule has 1 aromatic heterocycles. The third-order valence-corrected chi connectivity index (χ3v) is 2.57. The first-order chi connectivity index (χ1) is 7.50. The van der Waals surface area contributed by atoms with Gasteiger partial charge in [-0.2, -0.15) is 0 Å². The van der Waals surface area contributed by atoms with E-state index in [1.54, 1.807) is 6.07 Å². The first-order valence-corrected chi connectivity index (χ1v) is 5.44. The van der Waals surface area contributed by atoms with Crippen LogP contribution in [0.1, 0.15) is 18.1 Å². The summed E-state index contributed by atoms with van der Waals surface area (Å²) in [6.07, 6.45) is 0. The molecule has 0 spiro atoms. The maximum atomic E-state index is 13.2. The molecule has 0 saturated heterocycles. The van der Waals surface area contributed by atoms with Gasteiger partial charge in [-0.3, -0.25) is 0 Å². The van der Waals surface area contributed by atoms with Crippen LogP contribution in [0.2, 0.25) is 0 Å². The van der Waals surface area contributed by atoms with E-state index in [1.807, 2.05) is 30.7 Å². The Balaban J connectivity index is 2.77. The van der Waals surface area contributed by atoms with Gasteiger partial charge in [0, 0.05) is 20.2 Å². The van der Waals surface area contributed by atoms with Crippen LogP contribution in [0.25, 0.3) is 11.0 Å². The van der Waals surface area contributed by atoms with Gasteiger partial charge in [0.25, 0.3) is 0 Å². The van der Waals surface area contributed by atoms with Crippen LogP contribution in [0.3, 0.4) is 0 Å². The van der Waals surface area contributed by atoms with Gasteiger partial charge in [-0.1, -0.05) is 0 Å². The first kappa shape index (κ1) is 11.2. The highest BCUT2D eigenvalue weighted by atomic mass is 35.5. The highest BCUT2D eigenvalue weighted by Crippen LogP contribution is 2.24. The molecule has 0 radical (unpaired) electrons. The van der Waals surface area contributed by atoms with E-state index in [0.29, 0.717) is 5.82 Å². The van der Waals surface area contributed by atoms with Gasteiger partial charge < -0.3 is 5.01 Å². The van der Waals surface area contributed by atoms with Gasteiger partial charge in [-0.05, 0) is 19.1 Å². The number of nitrogens with zero attached hydrogens (tertiary/aromatic N) is 3. The second kappa shape index (κ2) is 3.94. The van der Waals surface area contributed by atoms with Crippen LogP contribution in [-0.4, -0.2) is 23.8 Å². The average Bonchev–Trinajstić information content (AvgIpc) is 2.55. The molecule has 0 amide bonds. The summed E-state index contributed by atoms with van der Waals surface area (Å²) in [6.45, 7) is 1.85. The zero-order valence-corrected chi connectivity index (χ0v) is 10.2. The van der Waals surface area contributed by atoms with Crippen molar-refractivity contribution in [3.8, 4) is 0 Å². The number of alkyl halides is 1. The van der Waals surface area contributed by atoms with Crippen LogP contribution < -0.4 is 5.01 Å². The summed E-state index contributed by atoms with van der Waals surface area (Å²) in [6, 6.07) is 4.52. The molecule has 2 rings (SSSR count). The van der Waals surface area contributed by atoms with E-state index >= 15 is 0 Å². The Hall–Kier alpha value is -1.29. The molecule has 5 heteroatoms. The lowest BCUT2D eigenvalue weighted by molar-refractivity contribution is 0.627. The topological polar surface area (TPSA) is 21.1 Å². The molecule has 0 saturated carbocycles. The average molecular weight is 242 g/mol. The van der Waals surface area contributed by atoms with Gasteiger partial charge in [-0.25, -0.2) is 14.1 Å². The van der Waals surface area contributed by atoms with Gasteiger partial charge >= 0.3 is 0 Å². The zero-order valence-electron chi connectivity index (χ0n) is 9.41. The smallest absolute Gasteiger partial charge is 0.146 e. The fraction of sp³-hybridized carbons (Fsp3) is 0.364. The van der Waals surface area contributed by atoms with E-state index in [9.17, 15) is 4.39 Å². The zero-order chi connectivity index (χ0) is 11.9. The van der Waals surface area contributed by atoms with Crippen molar-refractivity contribution in [3.63, 3.8) is 0 Å². The number of fused-ring (bicyclic) bond motifs is 1. The Morgan fingerprint density at radius 3 is 2.69 bits per heavy atom. The molecule has 0 bridgehead atoms. The highest BCUT2D eigenvalue weighted by molar-refractivity contribution is 6.20. The van der Waals surface area contributed by atoms with Crippen molar-refractivity contribution in [3.05, 3.63) is 29.8 Å². The minimum Gasteiger partial charge on any atom is -0.317 e. The molecule has 1 unspecified atom stereocenters. The molecule has 3 nitrogen and oxygen atoms in total. The molecule has 0 aliphatic rings. The Labute approximate surface area is 98.4 Å². The molecule has 16 heavy (non-hydrogen) atoms. The Morgan fingerprint density at radius 1 is 1.44 bits per heavy atom. The van der Waals surface area contributed by atoms with Crippen LogP contribution >= 0.6 is 11.6 Å². The lowest BCUT2D eigenvalue weighted by Crippen LogP contribution is -2.27. The molecular weight excluding hydrogens is 229 g/mol. The number of hydrogen-bond acceptors (Lipinski definition) is 2. The van der Waals surface area contributed by atoms with E-state index < -0.39 is 0 Å². The molecule has 0 aliphatic carbocycles. The van der Waals surface area contributed by atoms with E-state index in [4.69, 9.17) is 11.6 Å². The van der Waals surface area contributed by atoms with Gasteiger partial charge in [-0.15, -0.1) is 11.6 Å². The van der Waals surface area contributed by atoms with Crippen LogP contribution in [0.4, 0.5) is 4.39 Å². The standard InChI is InChI=1S/C11H13ClFN3/c1-7(12)11-14-9-5-4-8(13)6-10(9)16(11)15(2)3/h4-7H,1-3H3. The largest absolute Gasteiger partial charge is 0.317 e. The quantitative estimate of drug-likeness (QED) is 0.754. The molecule has 1 aromatic carbocycles. The number of imidazole rings is 1. The predicted molar refractivity (Wildman–Crippen MR) is 64.0 cm³/mol. The summed E-state index contributed by atoms with van der Waals surface area (Å²) in [7, 11) is 3.74. The van der Waals surface area contributed by atoms with E-state index in [-0.39, 0.29) is 11.2 Å².